The fourth-order valence-corrected chi connectivity index (χ4v) is 2.41. The summed E-state index contributed by atoms with van der Waals surface area (Å²) in [5.74, 6) is 0.841. The highest BCUT2D eigenvalue weighted by Crippen LogP contribution is 2.19. The number of rotatable bonds is 5. The van der Waals surface area contributed by atoms with Crippen molar-refractivity contribution in [2.75, 3.05) is 7.11 Å². The van der Waals surface area contributed by atoms with E-state index in [2.05, 4.69) is 0 Å². The molecular weight excluding hydrogens is 312 g/mol. The Balaban J connectivity index is 2.08. The molecule has 0 saturated carbocycles. The maximum atomic E-state index is 11.8. The van der Waals surface area contributed by atoms with Crippen molar-refractivity contribution >= 4 is 27.8 Å². The highest BCUT2D eigenvalue weighted by Gasteiger charge is 2.08. The van der Waals surface area contributed by atoms with E-state index in [9.17, 15) is 8.42 Å². The first-order chi connectivity index (χ1) is 9.98. The summed E-state index contributed by atoms with van der Waals surface area (Å²) in [6, 6.07) is 13.1. The molecule has 0 aliphatic carbocycles. The molecule has 2 aromatic carbocycles. The van der Waals surface area contributed by atoms with Gasteiger partial charge in [-0.2, -0.15) is 8.42 Å². The maximum absolute atomic E-state index is 11.8. The van der Waals surface area contributed by atoms with Crippen molar-refractivity contribution in [2.24, 2.45) is 0 Å². The third-order valence-corrected chi connectivity index (χ3v) is 3.72. The van der Waals surface area contributed by atoms with Crippen LogP contribution in [0.3, 0.4) is 0 Å². The standard InChI is InChI=1S/C15H13ClO4S/c1-19-14-6-8-15(9-7-14)20-21(17,18)11-10-12-2-4-13(16)5-3-12/h2-11H,1H3/b11-10+. The van der Waals surface area contributed by atoms with Gasteiger partial charge in [0.05, 0.1) is 12.5 Å². The number of methoxy groups -OCH3 is 1. The van der Waals surface area contributed by atoms with E-state index in [0.717, 1.165) is 5.41 Å². The molecule has 0 aliphatic rings. The Hall–Kier alpha value is -1.98. The molecule has 0 unspecified atom stereocenters. The van der Waals surface area contributed by atoms with Crippen LogP contribution in [-0.4, -0.2) is 15.5 Å². The van der Waals surface area contributed by atoms with E-state index in [1.807, 2.05) is 0 Å². The molecule has 0 bridgehead atoms. The van der Waals surface area contributed by atoms with Crippen LogP contribution in [0, 0.1) is 0 Å². The van der Waals surface area contributed by atoms with E-state index in [-0.39, 0.29) is 5.75 Å². The van der Waals surface area contributed by atoms with E-state index < -0.39 is 10.1 Å². The molecular formula is C15H13ClO4S. The van der Waals surface area contributed by atoms with Gasteiger partial charge in [0.2, 0.25) is 0 Å². The SMILES string of the molecule is COc1ccc(OS(=O)(=O)/C=C/c2ccc(Cl)cc2)cc1. The van der Waals surface area contributed by atoms with Gasteiger partial charge in [-0.15, -0.1) is 0 Å². The third-order valence-electron chi connectivity index (χ3n) is 2.57. The Labute approximate surface area is 128 Å². The quantitative estimate of drug-likeness (QED) is 0.786. The van der Waals surface area contributed by atoms with Gasteiger partial charge in [0.1, 0.15) is 11.5 Å². The number of ether oxygens (including phenoxy) is 1. The topological polar surface area (TPSA) is 52.6 Å². The van der Waals surface area contributed by atoms with Gasteiger partial charge in [-0.3, -0.25) is 0 Å². The summed E-state index contributed by atoms with van der Waals surface area (Å²) >= 11 is 5.76. The van der Waals surface area contributed by atoms with Crippen molar-refractivity contribution in [3.63, 3.8) is 0 Å². The Kier molecular flexibility index (Phi) is 4.88. The summed E-state index contributed by atoms with van der Waals surface area (Å²) in [5, 5.41) is 1.59. The van der Waals surface area contributed by atoms with Crippen molar-refractivity contribution in [2.45, 2.75) is 0 Å². The second-order valence-electron chi connectivity index (χ2n) is 4.11. The zero-order chi connectivity index (χ0) is 15.3. The zero-order valence-electron chi connectivity index (χ0n) is 11.2. The molecule has 0 fully saturated rings. The highest BCUT2D eigenvalue weighted by molar-refractivity contribution is 7.90. The number of benzene rings is 2. The molecule has 0 aromatic heterocycles. The van der Waals surface area contributed by atoms with Gasteiger partial charge >= 0.3 is 10.1 Å². The lowest BCUT2D eigenvalue weighted by Gasteiger charge is -2.04. The van der Waals surface area contributed by atoms with Crippen molar-refractivity contribution in [1.82, 2.24) is 0 Å². The van der Waals surface area contributed by atoms with Crippen LogP contribution in [0.25, 0.3) is 6.08 Å². The van der Waals surface area contributed by atoms with Crippen LogP contribution >= 0.6 is 11.6 Å². The second kappa shape index (κ2) is 6.65. The molecule has 0 atom stereocenters. The molecule has 110 valence electrons. The van der Waals surface area contributed by atoms with Crippen molar-refractivity contribution in [1.29, 1.82) is 0 Å². The maximum Gasteiger partial charge on any atom is 0.332 e. The summed E-state index contributed by atoms with van der Waals surface area (Å²) in [5.41, 5.74) is 0.710. The molecule has 0 saturated heterocycles. The number of hydrogen-bond acceptors (Lipinski definition) is 4. The van der Waals surface area contributed by atoms with Crippen LogP contribution in [0.2, 0.25) is 5.02 Å². The lowest BCUT2D eigenvalue weighted by molar-refractivity contribution is 0.414. The number of hydrogen-bond donors (Lipinski definition) is 0. The smallest absolute Gasteiger partial charge is 0.332 e. The lowest BCUT2D eigenvalue weighted by atomic mass is 10.2. The predicted molar refractivity (Wildman–Crippen MR) is 83.0 cm³/mol. The average molecular weight is 325 g/mol. The van der Waals surface area contributed by atoms with Crippen LogP contribution in [-0.2, 0) is 10.1 Å². The largest absolute Gasteiger partial charge is 0.497 e. The first-order valence-electron chi connectivity index (χ1n) is 6.01. The van der Waals surface area contributed by atoms with Gasteiger partial charge in [0.15, 0.2) is 0 Å². The molecule has 0 aliphatic heterocycles. The minimum atomic E-state index is -3.82. The van der Waals surface area contributed by atoms with Crippen LogP contribution in [0.1, 0.15) is 5.56 Å². The van der Waals surface area contributed by atoms with E-state index >= 15 is 0 Å². The second-order valence-corrected chi connectivity index (χ2v) is 5.97. The summed E-state index contributed by atoms with van der Waals surface area (Å²) in [4.78, 5) is 0. The normalized spacial score (nSPS) is 11.5. The molecule has 0 heterocycles. The van der Waals surface area contributed by atoms with E-state index in [1.54, 1.807) is 36.4 Å². The van der Waals surface area contributed by atoms with E-state index in [0.29, 0.717) is 16.3 Å². The Morgan fingerprint density at radius 1 is 0.952 bits per heavy atom. The molecule has 2 aromatic rings. The molecule has 0 N–H and O–H groups in total. The Morgan fingerprint density at radius 3 is 2.10 bits per heavy atom. The molecule has 0 amide bonds. The monoisotopic (exact) mass is 324 g/mol. The summed E-state index contributed by atoms with van der Waals surface area (Å²) in [6.45, 7) is 0. The van der Waals surface area contributed by atoms with Gasteiger partial charge in [-0.1, -0.05) is 23.7 Å². The Morgan fingerprint density at radius 2 is 1.52 bits per heavy atom. The molecule has 2 rings (SSSR count). The molecule has 21 heavy (non-hydrogen) atoms. The highest BCUT2D eigenvalue weighted by atomic mass is 35.5. The predicted octanol–water partition coefficient (Wildman–Crippen LogP) is 3.73. The van der Waals surface area contributed by atoms with Crippen molar-refractivity contribution in [3.8, 4) is 11.5 Å². The van der Waals surface area contributed by atoms with E-state index in [1.165, 1.54) is 25.3 Å². The molecule has 0 spiro atoms. The lowest BCUT2D eigenvalue weighted by Crippen LogP contribution is -2.04. The third kappa shape index (κ3) is 4.81. The van der Waals surface area contributed by atoms with Gasteiger partial charge in [0.25, 0.3) is 0 Å². The van der Waals surface area contributed by atoms with Crippen molar-refractivity contribution in [3.05, 3.63) is 64.5 Å². The van der Waals surface area contributed by atoms with Crippen LogP contribution in [0.4, 0.5) is 0 Å². The summed E-state index contributed by atoms with van der Waals surface area (Å²) < 4.78 is 33.6. The molecule has 0 radical (unpaired) electrons. The molecule has 4 nitrogen and oxygen atoms in total. The van der Waals surface area contributed by atoms with Crippen LogP contribution in [0.5, 0.6) is 11.5 Å². The fraction of sp³-hybridized carbons (Fsp3) is 0.0667. The van der Waals surface area contributed by atoms with Gasteiger partial charge < -0.3 is 8.92 Å². The fourth-order valence-electron chi connectivity index (χ4n) is 1.53. The van der Waals surface area contributed by atoms with Crippen molar-refractivity contribution < 1.29 is 17.3 Å². The van der Waals surface area contributed by atoms with Gasteiger partial charge in [-0.25, -0.2) is 0 Å². The average Bonchev–Trinajstić information content (AvgIpc) is 2.47. The van der Waals surface area contributed by atoms with Gasteiger partial charge in [0, 0.05) is 5.02 Å². The Bertz CT molecular complexity index is 719. The first-order valence-corrected chi connectivity index (χ1v) is 7.86. The minimum absolute atomic E-state index is 0.219. The summed E-state index contributed by atoms with van der Waals surface area (Å²) in [6.07, 6.45) is 1.44. The van der Waals surface area contributed by atoms with Crippen LogP contribution in [0.15, 0.2) is 53.9 Å². The zero-order valence-corrected chi connectivity index (χ0v) is 12.8. The van der Waals surface area contributed by atoms with Gasteiger partial charge in [-0.05, 0) is 48.0 Å². The minimum Gasteiger partial charge on any atom is -0.497 e. The van der Waals surface area contributed by atoms with E-state index in [4.69, 9.17) is 20.5 Å². The summed E-state index contributed by atoms with van der Waals surface area (Å²) in [7, 11) is -2.29. The molecule has 6 heteroatoms. The van der Waals surface area contributed by atoms with Crippen LogP contribution < -0.4 is 8.92 Å². The number of halogens is 1. The first kappa shape index (κ1) is 15.4.